The van der Waals surface area contributed by atoms with E-state index in [1.165, 1.54) is 22.0 Å². The lowest BCUT2D eigenvalue weighted by Crippen LogP contribution is -2.12. The molecule has 5 nitrogen and oxygen atoms in total. The maximum absolute atomic E-state index is 7.31. The Hall–Kier alpha value is -6.85. The van der Waals surface area contributed by atoms with Crippen molar-refractivity contribution in [3.63, 3.8) is 0 Å². The van der Waals surface area contributed by atoms with Gasteiger partial charge in [0.2, 0.25) is 0 Å². The summed E-state index contributed by atoms with van der Waals surface area (Å²) in [5, 5.41) is 6.73. The van der Waals surface area contributed by atoms with Crippen LogP contribution in [0.5, 0.6) is 0 Å². The Labute approximate surface area is 309 Å². The lowest BCUT2D eigenvalue weighted by atomic mass is 9.93. The molecule has 1 aliphatic rings. The summed E-state index contributed by atoms with van der Waals surface area (Å²) in [6.45, 7) is 7.28. The average Bonchev–Trinajstić information content (AvgIpc) is 3.74. The predicted octanol–water partition coefficient (Wildman–Crippen LogP) is 12.0. The highest BCUT2D eigenvalue weighted by atomic mass is 15.2. The standard InChI is InChI=1S/C48H39N5/c1-3-5-21-35-36(15-4-2)47(50)37-23-14-24-41-44(37)46-43(28-27-42-45(46)38(35)29-52(42)33-19-10-7-11-20-33)53(41)30-40(32-17-8-6-9-18-32)51-48-34-22-13-12-16-31(34)25-26-39(48)49/h3-28H,1,29-30,49-50H2,2H3/b15-4-,21-5-,36-35?,38-35?,47-36?,47-37?,51-40?. The molecule has 1 aliphatic heterocycles. The highest BCUT2D eigenvalue weighted by Crippen LogP contribution is 2.50. The van der Waals surface area contributed by atoms with Gasteiger partial charge in [0.25, 0.3) is 0 Å². The van der Waals surface area contributed by atoms with Crippen molar-refractivity contribution in [2.24, 2.45) is 4.99 Å². The minimum atomic E-state index is 0.519. The van der Waals surface area contributed by atoms with E-state index in [2.05, 4.69) is 137 Å². The molecule has 0 atom stereocenters. The minimum absolute atomic E-state index is 0.519. The van der Waals surface area contributed by atoms with E-state index in [0.29, 0.717) is 18.8 Å². The number of nitrogen functional groups attached to an aromatic ring is 2. The number of anilines is 4. The van der Waals surface area contributed by atoms with Gasteiger partial charge >= 0.3 is 0 Å². The van der Waals surface area contributed by atoms with Crippen LogP contribution in [0.1, 0.15) is 29.2 Å². The summed E-state index contributed by atoms with van der Waals surface area (Å²) in [4.78, 5) is 7.85. The van der Waals surface area contributed by atoms with Crippen LogP contribution in [0.2, 0.25) is 0 Å². The van der Waals surface area contributed by atoms with Gasteiger partial charge < -0.3 is 20.9 Å². The van der Waals surface area contributed by atoms with Crippen molar-refractivity contribution >= 4 is 89.7 Å². The maximum atomic E-state index is 7.31. The molecule has 0 spiro atoms. The number of aliphatic imine (C=N–C) groups is 1. The number of rotatable bonds is 8. The first kappa shape index (κ1) is 32.1. The van der Waals surface area contributed by atoms with Crippen LogP contribution in [0, 0.1) is 0 Å². The van der Waals surface area contributed by atoms with Crippen LogP contribution >= 0.6 is 0 Å². The van der Waals surface area contributed by atoms with Crippen LogP contribution < -0.4 is 16.4 Å². The first-order chi connectivity index (χ1) is 26.1. The largest absolute Gasteiger partial charge is 0.398 e. The first-order valence-corrected chi connectivity index (χ1v) is 18.0. The van der Waals surface area contributed by atoms with Gasteiger partial charge in [-0.2, -0.15) is 0 Å². The zero-order chi connectivity index (χ0) is 36.1. The molecule has 0 unspecified atom stereocenters. The van der Waals surface area contributed by atoms with Gasteiger partial charge in [-0.1, -0.05) is 128 Å². The molecule has 5 heteroatoms. The smallest absolute Gasteiger partial charge is 0.0941 e. The average molecular weight is 686 g/mol. The van der Waals surface area contributed by atoms with Crippen LogP contribution in [0.4, 0.5) is 28.4 Å². The van der Waals surface area contributed by atoms with Gasteiger partial charge in [-0.25, -0.2) is 4.99 Å². The third-order valence-electron chi connectivity index (χ3n) is 10.5. The molecule has 1 aromatic heterocycles. The second kappa shape index (κ2) is 13.0. The summed E-state index contributed by atoms with van der Waals surface area (Å²) in [5.41, 5.74) is 26.0. The Balaban J connectivity index is 1.40. The van der Waals surface area contributed by atoms with E-state index >= 15 is 0 Å². The highest BCUT2D eigenvalue weighted by molar-refractivity contribution is 6.29. The third kappa shape index (κ3) is 5.20. The molecule has 9 rings (SSSR count). The molecule has 7 aromatic carbocycles. The Morgan fingerprint density at radius 2 is 1.45 bits per heavy atom. The zero-order valence-electron chi connectivity index (χ0n) is 29.6. The minimum Gasteiger partial charge on any atom is -0.398 e. The third-order valence-corrected chi connectivity index (χ3v) is 10.5. The second-order valence-corrected chi connectivity index (χ2v) is 13.5. The van der Waals surface area contributed by atoms with Gasteiger partial charge in [-0.3, -0.25) is 0 Å². The topological polar surface area (TPSA) is 72.6 Å². The van der Waals surface area contributed by atoms with Crippen LogP contribution in [-0.2, 0) is 13.1 Å². The molecule has 0 aliphatic carbocycles. The lowest BCUT2D eigenvalue weighted by molar-refractivity contribution is 0.935. The Kier molecular flexibility index (Phi) is 7.89. The number of nitrogens with two attached hydrogens (primary N) is 2. The Morgan fingerprint density at radius 3 is 2.25 bits per heavy atom. The number of benzene rings is 6. The summed E-state index contributed by atoms with van der Waals surface area (Å²) >= 11 is 0. The van der Waals surface area contributed by atoms with E-state index in [4.69, 9.17) is 16.5 Å². The quantitative estimate of drug-likeness (QED) is 0.0950. The number of hydrogen-bond acceptors (Lipinski definition) is 4. The fourth-order valence-corrected chi connectivity index (χ4v) is 8.18. The van der Waals surface area contributed by atoms with Gasteiger partial charge in [0, 0.05) is 56.1 Å². The molecule has 8 aromatic rings. The van der Waals surface area contributed by atoms with E-state index in [9.17, 15) is 0 Å². The summed E-state index contributed by atoms with van der Waals surface area (Å²) in [7, 11) is 0. The monoisotopic (exact) mass is 685 g/mol. The second-order valence-electron chi connectivity index (χ2n) is 13.5. The molecule has 256 valence electrons. The van der Waals surface area contributed by atoms with Crippen molar-refractivity contribution in [1.82, 2.24) is 4.57 Å². The highest BCUT2D eigenvalue weighted by Gasteiger charge is 2.29. The van der Waals surface area contributed by atoms with Crippen LogP contribution in [0.25, 0.3) is 55.5 Å². The number of fused-ring (bicyclic) bond motifs is 1. The van der Waals surface area contributed by atoms with E-state index in [-0.39, 0.29) is 0 Å². The normalized spacial score (nSPS) is 13.2. The van der Waals surface area contributed by atoms with Crippen molar-refractivity contribution < 1.29 is 0 Å². The number of aromatic nitrogens is 1. The lowest BCUT2D eigenvalue weighted by Gasteiger charge is -2.20. The van der Waals surface area contributed by atoms with Crippen molar-refractivity contribution in [3.8, 4) is 0 Å². The van der Waals surface area contributed by atoms with Crippen LogP contribution in [-0.4, -0.2) is 10.3 Å². The molecule has 53 heavy (non-hydrogen) atoms. The number of nitrogens with zero attached hydrogens (tertiary/aromatic N) is 3. The summed E-state index contributed by atoms with van der Waals surface area (Å²) in [6, 6.07) is 44.5. The number of para-hydroxylation sites is 1. The maximum Gasteiger partial charge on any atom is 0.0941 e. The molecule has 4 N–H and O–H groups in total. The van der Waals surface area contributed by atoms with Gasteiger partial charge in [-0.05, 0) is 65.4 Å². The summed E-state index contributed by atoms with van der Waals surface area (Å²) in [6.07, 6.45) is 10.2. The molecular weight excluding hydrogens is 647 g/mol. The van der Waals surface area contributed by atoms with Crippen molar-refractivity contribution in [1.29, 1.82) is 0 Å². The van der Waals surface area contributed by atoms with E-state index in [1.807, 2.05) is 43.3 Å². The molecule has 0 radical (unpaired) electrons. The fraction of sp³-hybridized carbons (Fsp3) is 0.0625. The Bertz CT molecular complexity index is 2820. The molecule has 0 bridgehead atoms. The Morgan fingerprint density at radius 1 is 0.717 bits per heavy atom. The predicted molar refractivity (Wildman–Crippen MR) is 229 cm³/mol. The van der Waals surface area contributed by atoms with E-state index in [1.54, 1.807) is 0 Å². The zero-order valence-corrected chi connectivity index (χ0v) is 29.6. The molecule has 0 saturated carbocycles. The molecule has 0 saturated heterocycles. The van der Waals surface area contributed by atoms with Crippen molar-refractivity contribution in [2.45, 2.75) is 20.0 Å². The first-order valence-electron chi connectivity index (χ1n) is 18.0. The summed E-state index contributed by atoms with van der Waals surface area (Å²) < 4.78 is 2.41. The molecular formula is C48H39N5. The summed E-state index contributed by atoms with van der Waals surface area (Å²) in [5.74, 6) is 0. The van der Waals surface area contributed by atoms with Crippen molar-refractivity contribution in [2.75, 3.05) is 16.4 Å². The van der Waals surface area contributed by atoms with E-state index < -0.39 is 0 Å². The van der Waals surface area contributed by atoms with Crippen LogP contribution in [0.3, 0.4) is 0 Å². The molecule has 2 heterocycles. The number of hydrogen-bond donors (Lipinski definition) is 2. The van der Waals surface area contributed by atoms with Crippen molar-refractivity contribution in [3.05, 3.63) is 174 Å². The molecule has 0 fully saturated rings. The van der Waals surface area contributed by atoms with Gasteiger partial charge in [0.1, 0.15) is 0 Å². The van der Waals surface area contributed by atoms with Crippen LogP contribution in [0.15, 0.2) is 157 Å². The van der Waals surface area contributed by atoms with Gasteiger partial charge in [0.15, 0.2) is 0 Å². The van der Waals surface area contributed by atoms with E-state index in [0.717, 1.165) is 72.0 Å². The van der Waals surface area contributed by atoms with Gasteiger partial charge in [-0.15, -0.1) is 0 Å². The number of allylic oxidation sites excluding steroid dienone is 3. The molecule has 0 amide bonds. The van der Waals surface area contributed by atoms with Gasteiger partial charge in [0.05, 0.1) is 34.7 Å². The SMILES string of the molecule is C=C/C=C\c1c(/C=C\C)c(N)c2cccc3c2c2c4c(ccc2n3CC(=Nc2c(N)ccc3ccccc23)c2ccccc2)N(c2ccccc2)Cc14. The fourth-order valence-electron chi connectivity index (χ4n) is 8.18.